The number of para-hydroxylation sites is 1. The summed E-state index contributed by atoms with van der Waals surface area (Å²) in [5.74, 6) is 0.577. The number of aliphatic hydroxyl groups excluding tert-OH is 1. The summed E-state index contributed by atoms with van der Waals surface area (Å²) in [5.41, 5.74) is 2.69. The summed E-state index contributed by atoms with van der Waals surface area (Å²) in [7, 11) is 1.61. The predicted octanol–water partition coefficient (Wildman–Crippen LogP) is 2.59. The number of hydrogen-bond acceptors (Lipinski definition) is 5. The quantitative estimate of drug-likeness (QED) is 0.787. The van der Waals surface area contributed by atoms with Gasteiger partial charge < -0.3 is 14.7 Å². The highest BCUT2D eigenvalue weighted by molar-refractivity contribution is 6.04. The number of hydrogen-bond donors (Lipinski definition) is 1. The Morgan fingerprint density at radius 2 is 2.00 bits per heavy atom. The predicted molar refractivity (Wildman–Crippen MR) is 96.9 cm³/mol. The molecule has 0 unspecified atom stereocenters. The molecule has 1 amide bonds. The molecule has 6 nitrogen and oxygen atoms in total. The van der Waals surface area contributed by atoms with E-state index in [1.165, 1.54) is 0 Å². The fourth-order valence-electron chi connectivity index (χ4n) is 3.52. The normalized spacial score (nSPS) is 19.7. The lowest BCUT2D eigenvalue weighted by atomic mass is 10.0. The molecule has 1 aliphatic rings. The molecular weight excluding hydrogens is 330 g/mol. The maximum Gasteiger partial charge on any atom is 0.256 e. The van der Waals surface area contributed by atoms with Crippen LogP contribution in [0.15, 0.2) is 54.9 Å². The average molecular weight is 349 g/mol. The summed E-state index contributed by atoms with van der Waals surface area (Å²) in [6.07, 6.45) is 3.12. The smallest absolute Gasteiger partial charge is 0.256 e. The Morgan fingerprint density at radius 3 is 2.85 bits per heavy atom. The number of nitrogens with zero attached hydrogens (tertiary/aromatic N) is 3. The first-order chi connectivity index (χ1) is 12.7. The lowest BCUT2D eigenvalue weighted by Gasteiger charge is -2.25. The molecule has 4 rings (SSSR count). The third kappa shape index (κ3) is 2.88. The topological polar surface area (TPSA) is 75.6 Å². The minimum absolute atomic E-state index is 0.152. The van der Waals surface area contributed by atoms with Gasteiger partial charge in [-0.05, 0) is 36.2 Å². The molecule has 0 saturated carbocycles. The van der Waals surface area contributed by atoms with Crippen LogP contribution in [0, 0.1) is 0 Å². The van der Waals surface area contributed by atoms with Gasteiger partial charge in [0.1, 0.15) is 11.3 Å². The minimum Gasteiger partial charge on any atom is -0.497 e. The van der Waals surface area contributed by atoms with Gasteiger partial charge in [0, 0.05) is 18.9 Å². The standard InChI is InChI=1S/C20H19N3O3/c1-26-15-5-2-4-13(10-15)18-11-14(24)12-23(18)20(25)16-6-3-7-17-19(16)22-9-8-21-17/h2-10,14,18,24H,11-12H2,1H3/t14-,18-/m0/s1. The zero-order chi connectivity index (χ0) is 18.1. The van der Waals surface area contributed by atoms with Gasteiger partial charge in [-0.15, -0.1) is 0 Å². The van der Waals surface area contributed by atoms with Crippen molar-refractivity contribution in [3.05, 3.63) is 66.0 Å². The van der Waals surface area contributed by atoms with Crippen LogP contribution in [0.25, 0.3) is 11.0 Å². The summed E-state index contributed by atoms with van der Waals surface area (Å²) < 4.78 is 5.30. The number of carbonyl (C=O) groups is 1. The first-order valence-corrected chi connectivity index (χ1v) is 8.50. The van der Waals surface area contributed by atoms with Gasteiger partial charge in [0.2, 0.25) is 0 Å². The number of ether oxygens (including phenoxy) is 1. The second-order valence-electron chi connectivity index (χ2n) is 6.37. The van der Waals surface area contributed by atoms with Gasteiger partial charge in [-0.2, -0.15) is 0 Å². The van der Waals surface area contributed by atoms with E-state index in [1.807, 2.05) is 30.3 Å². The Hall–Kier alpha value is -2.99. The lowest BCUT2D eigenvalue weighted by molar-refractivity contribution is 0.0717. The Morgan fingerprint density at radius 1 is 1.19 bits per heavy atom. The van der Waals surface area contributed by atoms with E-state index < -0.39 is 6.10 Å². The van der Waals surface area contributed by atoms with Crippen LogP contribution >= 0.6 is 0 Å². The lowest BCUT2D eigenvalue weighted by Crippen LogP contribution is -2.32. The molecule has 0 aliphatic carbocycles. The van der Waals surface area contributed by atoms with E-state index in [0.29, 0.717) is 23.0 Å². The second kappa shape index (κ2) is 6.72. The van der Waals surface area contributed by atoms with E-state index in [1.54, 1.807) is 36.5 Å². The zero-order valence-corrected chi connectivity index (χ0v) is 14.4. The molecule has 2 atom stereocenters. The molecular formula is C20H19N3O3. The third-order valence-corrected chi connectivity index (χ3v) is 4.75. The molecule has 2 heterocycles. The van der Waals surface area contributed by atoms with Gasteiger partial charge in [0.25, 0.3) is 5.91 Å². The van der Waals surface area contributed by atoms with Crippen molar-refractivity contribution in [2.45, 2.75) is 18.6 Å². The third-order valence-electron chi connectivity index (χ3n) is 4.75. The van der Waals surface area contributed by atoms with Crippen LogP contribution in [-0.4, -0.2) is 45.6 Å². The van der Waals surface area contributed by atoms with Crippen molar-refractivity contribution < 1.29 is 14.6 Å². The van der Waals surface area contributed by atoms with Gasteiger partial charge in [-0.25, -0.2) is 0 Å². The highest BCUT2D eigenvalue weighted by Crippen LogP contribution is 2.35. The van der Waals surface area contributed by atoms with Gasteiger partial charge >= 0.3 is 0 Å². The van der Waals surface area contributed by atoms with Crippen molar-refractivity contribution in [3.63, 3.8) is 0 Å². The number of aromatic nitrogens is 2. The molecule has 1 aromatic heterocycles. The molecule has 1 fully saturated rings. The number of amides is 1. The zero-order valence-electron chi connectivity index (χ0n) is 14.4. The number of carbonyl (C=O) groups excluding carboxylic acids is 1. The van der Waals surface area contributed by atoms with E-state index >= 15 is 0 Å². The van der Waals surface area contributed by atoms with Crippen molar-refractivity contribution in [2.24, 2.45) is 0 Å². The van der Waals surface area contributed by atoms with E-state index in [9.17, 15) is 9.90 Å². The molecule has 0 radical (unpaired) electrons. The SMILES string of the molecule is COc1cccc([C@@H]2C[C@H](O)CN2C(=O)c2cccc3nccnc23)c1. The Balaban J connectivity index is 1.73. The summed E-state index contributed by atoms with van der Waals surface area (Å²) in [4.78, 5) is 23.6. The maximum atomic E-state index is 13.3. The minimum atomic E-state index is -0.559. The number of likely N-dealkylation sites (tertiary alicyclic amines) is 1. The van der Waals surface area contributed by atoms with Gasteiger partial charge in [0.05, 0.1) is 30.3 Å². The van der Waals surface area contributed by atoms with Crippen LogP contribution in [0.1, 0.15) is 28.4 Å². The number of benzene rings is 2. The Labute approximate surface area is 151 Å². The first-order valence-electron chi connectivity index (χ1n) is 8.50. The van der Waals surface area contributed by atoms with Crippen LogP contribution in [0.2, 0.25) is 0 Å². The first kappa shape index (κ1) is 16.5. The van der Waals surface area contributed by atoms with Crippen LogP contribution in [0.5, 0.6) is 5.75 Å². The number of rotatable bonds is 3. The average Bonchev–Trinajstić information content (AvgIpc) is 3.09. The monoisotopic (exact) mass is 349 g/mol. The molecule has 3 aromatic rings. The maximum absolute atomic E-state index is 13.3. The van der Waals surface area contributed by atoms with Crippen molar-refractivity contribution in [2.75, 3.05) is 13.7 Å². The van der Waals surface area contributed by atoms with Gasteiger partial charge in [-0.1, -0.05) is 18.2 Å². The van der Waals surface area contributed by atoms with Crippen LogP contribution < -0.4 is 4.74 Å². The number of aliphatic hydroxyl groups is 1. The van der Waals surface area contributed by atoms with Crippen molar-refractivity contribution >= 4 is 16.9 Å². The Kier molecular flexibility index (Phi) is 4.26. The molecule has 6 heteroatoms. The molecule has 1 aliphatic heterocycles. The fraction of sp³-hybridized carbons (Fsp3) is 0.250. The highest BCUT2D eigenvalue weighted by atomic mass is 16.5. The number of β-amino-alcohol motifs (C(OH)–C–C–N with tert-alkyl or cyclic N) is 1. The van der Waals surface area contributed by atoms with Crippen LogP contribution in [-0.2, 0) is 0 Å². The molecule has 132 valence electrons. The molecule has 2 aromatic carbocycles. The summed E-state index contributed by atoms with van der Waals surface area (Å²) >= 11 is 0. The second-order valence-corrected chi connectivity index (χ2v) is 6.37. The number of methoxy groups -OCH3 is 1. The molecule has 1 N–H and O–H groups in total. The molecule has 0 spiro atoms. The van der Waals surface area contributed by atoms with Crippen molar-refractivity contribution in [1.29, 1.82) is 0 Å². The molecule has 0 bridgehead atoms. The summed E-state index contributed by atoms with van der Waals surface area (Å²) in [5, 5.41) is 10.2. The van der Waals surface area contributed by atoms with Crippen molar-refractivity contribution in [1.82, 2.24) is 14.9 Å². The number of fused-ring (bicyclic) bond motifs is 1. The fourth-order valence-corrected chi connectivity index (χ4v) is 3.52. The van der Waals surface area contributed by atoms with Gasteiger partial charge in [0.15, 0.2) is 0 Å². The van der Waals surface area contributed by atoms with Crippen molar-refractivity contribution in [3.8, 4) is 5.75 Å². The molecule has 26 heavy (non-hydrogen) atoms. The van der Waals surface area contributed by atoms with E-state index in [0.717, 1.165) is 11.3 Å². The Bertz CT molecular complexity index is 954. The summed E-state index contributed by atoms with van der Waals surface area (Å²) in [6, 6.07) is 12.8. The van der Waals surface area contributed by atoms with E-state index in [2.05, 4.69) is 9.97 Å². The van der Waals surface area contributed by atoms with Gasteiger partial charge in [-0.3, -0.25) is 14.8 Å². The largest absolute Gasteiger partial charge is 0.497 e. The van der Waals surface area contributed by atoms with E-state index in [4.69, 9.17) is 4.74 Å². The van der Waals surface area contributed by atoms with E-state index in [-0.39, 0.29) is 18.5 Å². The molecule has 1 saturated heterocycles. The van der Waals surface area contributed by atoms with Crippen LogP contribution in [0.3, 0.4) is 0 Å². The summed E-state index contributed by atoms with van der Waals surface area (Å²) in [6.45, 7) is 0.289. The highest BCUT2D eigenvalue weighted by Gasteiger charge is 2.36. The van der Waals surface area contributed by atoms with Crippen LogP contribution in [0.4, 0.5) is 0 Å².